The van der Waals surface area contributed by atoms with E-state index in [1.165, 1.54) is 21.3 Å². The van der Waals surface area contributed by atoms with Crippen molar-refractivity contribution in [2.24, 2.45) is 0 Å². The first-order valence-corrected chi connectivity index (χ1v) is 10.6. The summed E-state index contributed by atoms with van der Waals surface area (Å²) in [4.78, 5) is 25.6. The molecule has 9 heteroatoms. The van der Waals surface area contributed by atoms with Gasteiger partial charge in [-0.15, -0.1) is 0 Å². The number of halogens is 1. The minimum atomic E-state index is -3.53. The number of sulfonamides is 1. The molecule has 1 aromatic carbocycles. The van der Waals surface area contributed by atoms with E-state index in [-0.39, 0.29) is 35.2 Å². The van der Waals surface area contributed by atoms with Crippen molar-refractivity contribution in [1.29, 1.82) is 0 Å². The lowest BCUT2D eigenvalue weighted by Crippen LogP contribution is -2.97. The van der Waals surface area contributed by atoms with Crippen LogP contribution in [0.1, 0.15) is 26.2 Å². The molecule has 1 atom stereocenters. The van der Waals surface area contributed by atoms with Gasteiger partial charge in [0.05, 0.1) is 17.4 Å². The molecule has 3 rings (SSSR count). The Bertz CT molecular complexity index is 789. The standard InChI is InChI=1S/C17H22ClN3O4S/c1-2-21-16(22)11-15(17(21)23)19-13-7-9-20(10-8-13)26(24,25)14-5-3-12(18)4-6-14/h3-6,13,15,19H,2,7-11H2,1H3/p+1/t15-/m1/s1. The highest BCUT2D eigenvalue weighted by molar-refractivity contribution is 7.89. The number of benzene rings is 1. The van der Waals surface area contributed by atoms with E-state index in [0.29, 0.717) is 37.5 Å². The van der Waals surface area contributed by atoms with E-state index >= 15 is 0 Å². The summed E-state index contributed by atoms with van der Waals surface area (Å²) in [6.45, 7) is 3.00. The summed E-state index contributed by atoms with van der Waals surface area (Å²) < 4.78 is 26.9. The molecule has 2 heterocycles. The molecule has 1 aromatic rings. The number of likely N-dealkylation sites (N-methyl/N-ethyl adjacent to an activating group) is 1. The summed E-state index contributed by atoms with van der Waals surface area (Å²) in [5.74, 6) is -0.254. The van der Waals surface area contributed by atoms with Gasteiger partial charge in [-0.2, -0.15) is 4.31 Å². The van der Waals surface area contributed by atoms with Crippen molar-refractivity contribution in [2.75, 3.05) is 19.6 Å². The number of amides is 2. The van der Waals surface area contributed by atoms with Crippen LogP contribution in [0, 0.1) is 0 Å². The molecule has 2 aliphatic heterocycles. The molecule has 0 saturated carbocycles. The molecule has 2 fully saturated rings. The Morgan fingerprint density at radius 3 is 2.31 bits per heavy atom. The molecule has 2 saturated heterocycles. The van der Waals surface area contributed by atoms with E-state index in [2.05, 4.69) is 0 Å². The summed E-state index contributed by atoms with van der Waals surface area (Å²) >= 11 is 5.82. The molecule has 2 aliphatic rings. The van der Waals surface area contributed by atoms with Gasteiger partial charge in [-0.1, -0.05) is 11.6 Å². The van der Waals surface area contributed by atoms with Gasteiger partial charge < -0.3 is 5.32 Å². The number of carbonyl (C=O) groups is 2. The molecular formula is C17H23ClN3O4S+. The third-order valence-corrected chi connectivity index (χ3v) is 7.21. The first kappa shape index (κ1) is 19.3. The Morgan fingerprint density at radius 2 is 1.77 bits per heavy atom. The SMILES string of the molecule is CCN1C(=O)C[C@@H]([NH2+]C2CCN(S(=O)(=O)c3ccc(Cl)cc3)CC2)C1=O. The summed E-state index contributed by atoms with van der Waals surface area (Å²) in [6, 6.07) is 5.93. The van der Waals surface area contributed by atoms with Gasteiger partial charge in [-0.25, -0.2) is 8.42 Å². The molecule has 2 N–H and O–H groups in total. The van der Waals surface area contributed by atoms with Crippen LogP contribution in [0.15, 0.2) is 29.2 Å². The zero-order chi connectivity index (χ0) is 18.9. The fourth-order valence-electron chi connectivity index (χ4n) is 3.58. The van der Waals surface area contributed by atoms with Crippen LogP contribution in [0.25, 0.3) is 0 Å². The van der Waals surface area contributed by atoms with Gasteiger partial charge in [0.25, 0.3) is 5.91 Å². The van der Waals surface area contributed by atoms with Crippen molar-refractivity contribution in [3.8, 4) is 0 Å². The Labute approximate surface area is 158 Å². The molecule has 0 aromatic heterocycles. The van der Waals surface area contributed by atoms with Crippen LogP contribution in [0.5, 0.6) is 0 Å². The monoisotopic (exact) mass is 400 g/mol. The number of piperidine rings is 1. The number of hydrogen-bond donors (Lipinski definition) is 1. The highest BCUT2D eigenvalue weighted by Crippen LogP contribution is 2.22. The van der Waals surface area contributed by atoms with Crippen molar-refractivity contribution in [3.63, 3.8) is 0 Å². The largest absolute Gasteiger partial charge is 0.333 e. The summed E-state index contributed by atoms with van der Waals surface area (Å²) in [6.07, 6.45) is 1.53. The Morgan fingerprint density at radius 1 is 1.15 bits per heavy atom. The topological polar surface area (TPSA) is 91.4 Å². The lowest BCUT2D eigenvalue weighted by Gasteiger charge is -2.30. The lowest BCUT2D eigenvalue weighted by molar-refractivity contribution is -0.710. The Balaban J connectivity index is 1.58. The zero-order valence-electron chi connectivity index (χ0n) is 14.6. The Kier molecular flexibility index (Phi) is 5.67. The summed E-state index contributed by atoms with van der Waals surface area (Å²) in [7, 11) is -3.53. The molecule has 0 unspecified atom stereocenters. The molecule has 0 bridgehead atoms. The molecule has 0 radical (unpaired) electrons. The van der Waals surface area contributed by atoms with Gasteiger partial charge >= 0.3 is 0 Å². The van der Waals surface area contributed by atoms with E-state index in [1.54, 1.807) is 19.1 Å². The highest BCUT2D eigenvalue weighted by Gasteiger charge is 2.42. The van der Waals surface area contributed by atoms with Gasteiger partial charge in [0.2, 0.25) is 15.9 Å². The predicted octanol–water partition coefficient (Wildman–Crippen LogP) is 0.204. The van der Waals surface area contributed by atoms with Crippen molar-refractivity contribution in [1.82, 2.24) is 9.21 Å². The molecule has 2 amide bonds. The maximum absolute atomic E-state index is 12.7. The van der Waals surface area contributed by atoms with Gasteiger partial charge in [0.15, 0.2) is 6.04 Å². The van der Waals surface area contributed by atoms with Crippen molar-refractivity contribution < 1.29 is 23.3 Å². The number of nitrogens with zero attached hydrogens (tertiary/aromatic N) is 2. The lowest BCUT2D eigenvalue weighted by atomic mass is 10.1. The van der Waals surface area contributed by atoms with Crippen molar-refractivity contribution in [3.05, 3.63) is 29.3 Å². The van der Waals surface area contributed by atoms with Crippen LogP contribution in [-0.4, -0.2) is 61.2 Å². The number of carbonyl (C=O) groups excluding carboxylic acids is 2. The molecule has 0 aliphatic carbocycles. The summed E-state index contributed by atoms with van der Waals surface area (Å²) in [5.41, 5.74) is 0. The normalized spacial score (nSPS) is 23.0. The maximum Gasteiger partial charge on any atom is 0.287 e. The fourth-order valence-corrected chi connectivity index (χ4v) is 5.18. The van der Waals surface area contributed by atoms with Gasteiger partial charge in [0, 0.05) is 37.5 Å². The van der Waals surface area contributed by atoms with Gasteiger partial charge in [0.1, 0.15) is 0 Å². The quantitative estimate of drug-likeness (QED) is 0.715. The van der Waals surface area contributed by atoms with E-state index in [9.17, 15) is 18.0 Å². The first-order chi connectivity index (χ1) is 12.3. The second kappa shape index (κ2) is 7.64. The second-order valence-electron chi connectivity index (χ2n) is 6.67. The van der Waals surface area contributed by atoms with Crippen LogP contribution >= 0.6 is 11.6 Å². The molecule has 142 valence electrons. The van der Waals surface area contributed by atoms with E-state index in [4.69, 9.17) is 11.6 Å². The van der Waals surface area contributed by atoms with E-state index in [0.717, 1.165) is 0 Å². The number of likely N-dealkylation sites (tertiary alicyclic amines) is 1. The highest BCUT2D eigenvalue weighted by atomic mass is 35.5. The van der Waals surface area contributed by atoms with Gasteiger partial charge in [-0.3, -0.25) is 14.5 Å². The fraction of sp³-hybridized carbons (Fsp3) is 0.529. The summed E-state index contributed by atoms with van der Waals surface area (Å²) in [5, 5.41) is 2.44. The zero-order valence-corrected chi connectivity index (χ0v) is 16.2. The average Bonchev–Trinajstić information content (AvgIpc) is 2.88. The van der Waals surface area contributed by atoms with Crippen LogP contribution in [0.4, 0.5) is 0 Å². The second-order valence-corrected chi connectivity index (χ2v) is 9.05. The number of hydrogen-bond acceptors (Lipinski definition) is 4. The number of rotatable bonds is 5. The molecule has 26 heavy (non-hydrogen) atoms. The third-order valence-electron chi connectivity index (χ3n) is 5.05. The van der Waals surface area contributed by atoms with E-state index in [1.807, 2.05) is 5.32 Å². The van der Waals surface area contributed by atoms with Crippen LogP contribution in [0.2, 0.25) is 5.02 Å². The van der Waals surface area contributed by atoms with Crippen LogP contribution in [0.3, 0.4) is 0 Å². The average molecular weight is 401 g/mol. The first-order valence-electron chi connectivity index (χ1n) is 8.78. The Hall–Kier alpha value is -1.48. The van der Waals surface area contributed by atoms with Crippen LogP contribution in [-0.2, 0) is 19.6 Å². The molecule has 7 nitrogen and oxygen atoms in total. The van der Waals surface area contributed by atoms with Crippen molar-refractivity contribution >= 4 is 33.4 Å². The molecular weight excluding hydrogens is 378 g/mol. The number of nitrogens with two attached hydrogens (primary N) is 1. The minimum absolute atomic E-state index is 0.124. The smallest absolute Gasteiger partial charge is 0.287 e. The van der Waals surface area contributed by atoms with Crippen molar-refractivity contribution in [2.45, 2.75) is 43.2 Å². The third kappa shape index (κ3) is 3.78. The number of imide groups is 1. The van der Waals surface area contributed by atoms with E-state index < -0.39 is 10.0 Å². The predicted molar refractivity (Wildman–Crippen MR) is 96.0 cm³/mol. The minimum Gasteiger partial charge on any atom is -0.333 e. The maximum atomic E-state index is 12.7. The van der Waals surface area contributed by atoms with Crippen LogP contribution < -0.4 is 5.32 Å². The van der Waals surface area contributed by atoms with Gasteiger partial charge in [-0.05, 0) is 31.2 Å². The number of quaternary nitrogens is 1. The molecule has 0 spiro atoms.